The van der Waals surface area contributed by atoms with E-state index in [4.69, 9.17) is 14.2 Å². The first-order valence-corrected chi connectivity index (χ1v) is 11.4. The molecule has 2 amide bonds. The Labute approximate surface area is 194 Å². The van der Waals surface area contributed by atoms with Crippen molar-refractivity contribution in [1.29, 1.82) is 0 Å². The molecule has 4 bridgehead atoms. The van der Waals surface area contributed by atoms with Crippen LogP contribution in [0.2, 0.25) is 0 Å². The van der Waals surface area contributed by atoms with Gasteiger partial charge in [-0.2, -0.15) is 0 Å². The molecule has 2 aromatic rings. The molecule has 2 aliphatic rings. The highest BCUT2D eigenvalue weighted by Crippen LogP contribution is 2.42. The largest absolute Gasteiger partial charge is 0.493 e. The van der Waals surface area contributed by atoms with Crippen molar-refractivity contribution in [3.05, 3.63) is 41.5 Å². The van der Waals surface area contributed by atoms with Crippen molar-refractivity contribution < 1.29 is 23.8 Å². The number of ether oxygens (including phenoxy) is 3. The number of carbonyl (C=O) groups excluding carboxylic acids is 2. The second-order valence-corrected chi connectivity index (χ2v) is 8.24. The monoisotopic (exact) mass is 453 g/mol. The molecule has 3 N–H and O–H groups in total. The fourth-order valence-electron chi connectivity index (χ4n) is 4.32. The quantitative estimate of drug-likeness (QED) is 0.646. The zero-order chi connectivity index (χ0) is 23.2. The van der Waals surface area contributed by atoms with E-state index in [1.165, 1.54) is 0 Å². The van der Waals surface area contributed by atoms with Gasteiger partial charge in [-0.05, 0) is 41.8 Å². The van der Waals surface area contributed by atoms with Gasteiger partial charge in [0.2, 0.25) is 11.8 Å². The van der Waals surface area contributed by atoms with Crippen molar-refractivity contribution in [2.75, 3.05) is 40.5 Å². The Kier molecular flexibility index (Phi) is 7.34. The van der Waals surface area contributed by atoms with Gasteiger partial charge in [-0.3, -0.25) is 9.59 Å². The second kappa shape index (κ2) is 10.6. The van der Waals surface area contributed by atoms with Crippen LogP contribution in [0.4, 0.5) is 0 Å². The van der Waals surface area contributed by atoms with Crippen LogP contribution < -0.4 is 30.2 Å². The summed E-state index contributed by atoms with van der Waals surface area (Å²) in [6, 6.07) is 9.82. The number of rotatable bonds is 2. The van der Waals surface area contributed by atoms with Crippen LogP contribution in [0.25, 0.3) is 11.1 Å². The van der Waals surface area contributed by atoms with Crippen LogP contribution in [0.15, 0.2) is 30.3 Å². The van der Waals surface area contributed by atoms with Gasteiger partial charge in [0, 0.05) is 50.0 Å². The predicted molar refractivity (Wildman–Crippen MR) is 125 cm³/mol. The summed E-state index contributed by atoms with van der Waals surface area (Å²) in [5.41, 5.74) is 3.74. The maximum Gasteiger partial charge on any atom is 0.221 e. The first kappa shape index (κ1) is 22.9. The van der Waals surface area contributed by atoms with Gasteiger partial charge in [0.05, 0.1) is 26.9 Å². The van der Waals surface area contributed by atoms with Crippen molar-refractivity contribution in [3.8, 4) is 28.4 Å². The average molecular weight is 454 g/mol. The molecule has 1 atom stereocenters. The minimum absolute atomic E-state index is 0.0132. The summed E-state index contributed by atoms with van der Waals surface area (Å²) in [6.07, 6.45) is 2.03. The minimum atomic E-state index is -0.115. The highest BCUT2D eigenvalue weighted by Gasteiger charge is 2.25. The van der Waals surface area contributed by atoms with Crippen LogP contribution in [0.5, 0.6) is 17.2 Å². The molecular formula is C25H31N3O5. The van der Waals surface area contributed by atoms with Gasteiger partial charge in [-0.1, -0.05) is 6.07 Å². The van der Waals surface area contributed by atoms with Crippen LogP contribution in [-0.4, -0.2) is 52.3 Å². The molecule has 0 spiro atoms. The molecule has 2 aliphatic heterocycles. The van der Waals surface area contributed by atoms with E-state index in [-0.39, 0.29) is 17.9 Å². The molecule has 0 saturated heterocycles. The average Bonchev–Trinajstić information content (AvgIpc) is 2.83. The van der Waals surface area contributed by atoms with E-state index in [2.05, 4.69) is 22.0 Å². The van der Waals surface area contributed by atoms with E-state index in [0.717, 1.165) is 28.0 Å². The molecule has 0 fully saturated rings. The smallest absolute Gasteiger partial charge is 0.221 e. The van der Waals surface area contributed by atoms with Gasteiger partial charge in [-0.25, -0.2) is 0 Å². The summed E-state index contributed by atoms with van der Waals surface area (Å²) < 4.78 is 17.2. The normalized spacial score (nSPS) is 19.3. The Morgan fingerprint density at radius 3 is 2.64 bits per heavy atom. The maximum absolute atomic E-state index is 12.6. The van der Waals surface area contributed by atoms with Crippen LogP contribution in [-0.2, 0) is 16.0 Å². The second-order valence-electron chi connectivity index (χ2n) is 8.24. The number of nitrogens with one attached hydrogen (secondary N) is 3. The van der Waals surface area contributed by atoms with Crippen molar-refractivity contribution >= 4 is 11.8 Å². The number of benzene rings is 2. The minimum Gasteiger partial charge on any atom is -0.493 e. The summed E-state index contributed by atoms with van der Waals surface area (Å²) in [4.78, 5) is 24.8. The Morgan fingerprint density at radius 1 is 0.939 bits per heavy atom. The summed E-state index contributed by atoms with van der Waals surface area (Å²) >= 11 is 0. The summed E-state index contributed by atoms with van der Waals surface area (Å²) in [5, 5.41) is 9.28. The van der Waals surface area contributed by atoms with Gasteiger partial charge < -0.3 is 30.2 Å². The number of carbonyl (C=O) groups is 2. The van der Waals surface area contributed by atoms with Gasteiger partial charge >= 0.3 is 0 Å². The topological polar surface area (TPSA) is 97.9 Å². The molecule has 0 aliphatic carbocycles. The van der Waals surface area contributed by atoms with Crippen LogP contribution in [0.1, 0.15) is 36.4 Å². The third-order valence-corrected chi connectivity index (χ3v) is 6.03. The molecule has 2 heterocycles. The summed E-state index contributed by atoms with van der Waals surface area (Å²) in [6.45, 7) is 2.25. The zero-order valence-electron chi connectivity index (χ0n) is 19.2. The number of methoxy groups -OCH3 is 2. The lowest BCUT2D eigenvalue weighted by molar-refractivity contribution is -0.122. The van der Waals surface area contributed by atoms with Crippen molar-refractivity contribution in [3.63, 3.8) is 0 Å². The van der Waals surface area contributed by atoms with E-state index in [0.29, 0.717) is 63.4 Å². The number of aryl methyl sites for hydroxylation is 1. The van der Waals surface area contributed by atoms with Gasteiger partial charge in [-0.15, -0.1) is 0 Å². The number of fused-ring (bicyclic) bond motifs is 4. The molecule has 0 radical (unpaired) electrons. The summed E-state index contributed by atoms with van der Waals surface area (Å²) in [7, 11) is 3.22. The SMILES string of the molecule is COc1cc2cc(c1OC)-c1ccc3c(c1)C(CCO3)NC(=O)CCNCCNC(=O)CC2. The lowest BCUT2D eigenvalue weighted by Gasteiger charge is -2.27. The molecule has 33 heavy (non-hydrogen) atoms. The maximum atomic E-state index is 12.6. The molecule has 4 rings (SSSR count). The van der Waals surface area contributed by atoms with E-state index >= 15 is 0 Å². The first-order chi connectivity index (χ1) is 16.1. The fourth-order valence-corrected chi connectivity index (χ4v) is 4.32. The van der Waals surface area contributed by atoms with Gasteiger partial charge in [0.15, 0.2) is 11.5 Å². The van der Waals surface area contributed by atoms with Crippen molar-refractivity contribution in [2.24, 2.45) is 0 Å². The highest BCUT2D eigenvalue weighted by molar-refractivity contribution is 5.79. The van der Waals surface area contributed by atoms with E-state index in [9.17, 15) is 9.59 Å². The molecular weight excluding hydrogens is 422 g/mol. The van der Waals surface area contributed by atoms with Crippen molar-refractivity contribution in [2.45, 2.75) is 31.7 Å². The van der Waals surface area contributed by atoms with Crippen molar-refractivity contribution in [1.82, 2.24) is 16.0 Å². The van der Waals surface area contributed by atoms with Gasteiger partial charge in [0.1, 0.15) is 5.75 Å². The molecule has 0 aromatic heterocycles. The fraction of sp³-hybridized carbons (Fsp3) is 0.440. The Hall–Kier alpha value is -3.26. The summed E-state index contributed by atoms with van der Waals surface area (Å²) in [5.74, 6) is 1.99. The number of hydrogen-bond acceptors (Lipinski definition) is 6. The van der Waals surface area contributed by atoms with E-state index < -0.39 is 0 Å². The molecule has 1 unspecified atom stereocenters. The lowest BCUT2D eigenvalue weighted by atomic mass is 9.93. The standard InChI is InChI=1S/C25H31N3O5/c1-31-22-14-16-3-6-23(29)27-11-10-26-9-7-24(30)28-20-8-12-33-21-5-4-17(15-19(20)21)18(13-16)25(22)32-2/h4-5,13-15,20,26H,3,6-12H2,1-2H3,(H,27,29)(H,28,30). The Morgan fingerprint density at radius 2 is 1.82 bits per heavy atom. The third kappa shape index (κ3) is 5.39. The Balaban J connectivity index is 1.76. The number of hydrogen-bond donors (Lipinski definition) is 3. The predicted octanol–water partition coefficient (Wildman–Crippen LogP) is 2.35. The van der Waals surface area contributed by atoms with Crippen LogP contribution in [0, 0.1) is 0 Å². The zero-order valence-corrected chi connectivity index (χ0v) is 19.2. The lowest BCUT2D eigenvalue weighted by Crippen LogP contribution is -2.36. The van der Waals surface area contributed by atoms with E-state index in [1.807, 2.05) is 24.3 Å². The molecule has 0 saturated carbocycles. The molecule has 8 heteroatoms. The van der Waals surface area contributed by atoms with Crippen LogP contribution >= 0.6 is 0 Å². The Bertz CT molecular complexity index is 1020. The molecule has 2 aromatic carbocycles. The molecule has 176 valence electrons. The van der Waals surface area contributed by atoms with Crippen LogP contribution in [0.3, 0.4) is 0 Å². The molecule has 8 nitrogen and oxygen atoms in total. The number of amides is 2. The first-order valence-electron chi connectivity index (χ1n) is 11.4. The third-order valence-electron chi connectivity index (χ3n) is 6.03. The van der Waals surface area contributed by atoms with E-state index in [1.54, 1.807) is 14.2 Å². The highest BCUT2D eigenvalue weighted by atomic mass is 16.5. The van der Waals surface area contributed by atoms with Gasteiger partial charge in [0.25, 0.3) is 0 Å².